The maximum Gasteiger partial charge on any atom is 0.388 e. The minimum atomic E-state index is -2.92. The summed E-state index contributed by atoms with van der Waals surface area (Å²) < 4.78 is 34.3. The Morgan fingerprint density at radius 2 is 1.88 bits per heavy atom. The summed E-state index contributed by atoms with van der Waals surface area (Å²) >= 11 is 0. The number of hydrogen-bond acceptors (Lipinski definition) is 7. The fourth-order valence-corrected chi connectivity index (χ4v) is 3.37. The van der Waals surface area contributed by atoms with Crippen molar-refractivity contribution in [2.24, 2.45) is 0 Å². The number of nitrogens with one attached hydrogen (secondary N) is 3. The predicted molar refractivity (Wildman–Crippen MR) is 91.4 cm³/mol. The van der Waals surface area contributed by atoms with Crippen LogP contribution in [0.2, 0.25) is 0 Å². The number of hydrogen-bond donors (Lipinski definition) is 3. The van der Waals surface area contributed by atoms with Crippen LogP contribution >= 0.6 is 12.4 Å². The van der Waals surface area contributed by atoms with E-state index in [1.165, 1.54) is 25.1 Å². The number of fused-ring (bicyclic) bond motifs is 2. The molecule has 0 spiro atoms. The third-order valence-corrected chi connectivity index (χ3v) is 4.37. The van der Waals surface area contributed by atoms with Crippen LogP contribution in [0, 0.1) is 0 Å². The van der Waals surface area contributed by atoms with Crippen LogP contribution in [0.1, 0.15) is 25.7 Å². The SMILES string of the molecule is Cl.FC(F)Oc1cc(Nc2cnc(OC3CC4CCC(C3)N4)cn2)[nH]n1. The first-order chi connectivity index (χ1) is 12.1. The van der Waals surface area contributed by atoms with Crippen molar-refractivity contribution in [3.8, 4) is 11.8 Å². The van der Waals surface area contributed by atoms with E-state index in [1.807, 2.05) is 0 Å². The Morgan fingerprint density at radius 3 is 2.54 bits per heavy atom. The second-order valence-corrected chi connectivity index (χ2v) is 6.21. The van der Waals surface area contributed by atoms with Gasteiger partial charge in [-0.25, -0.2) is 9.97 Å². The fourth-order valence-electron chi connectivity index (χ4n) is 3.37. The maximum atomic E-state index is 12.1. The number of piperidine rings is 1. The lowest BCUT2D eigenvalue weighted by Gasteiger charge is -2.28. The molecule has 0 aliphatic carbocycles. The van der Waals surface area contributed by atoms with Gasteiger partial charge in [0, 0.05) is 18.2 Å². The Balaban J connectivity index is 0.00000196. The molecular formula is C15H19ClF2N6O2. The first kappa shape index (κ1) is 18.6. The van der Waals surface area contributed by atoms with E-state index in [4.69, 9.17) is 4.74 Å². The van der Waals surface area contributed by atoms with Crippen LogP contribution in [-0.2, 0) is 0 Å². The van der Waals surface area contributed by atoms with Gasteiger partial charge < -0.3 is 20.1 Å². The number of nitrogens with zero attached hydrogens (tertiary/aromatic N) is 3. The molecule has 4 rings (SSSR count). The average Bonchev–Trinajstić information content (AvgIpc) is 3.15. The lowest BCUT2D eigenvalue weighted by atomic mass is 10.0. The molecule has 26 heavy (non-hydrogen) atoms. The van der Waals surface area contributed by atoms with E-state index in [2.05, 4.69) is 35.5 Å². The molecule has 2 saturated heterocycles. The van der Waals surface area contributed by atoms with E-state index in [-0.39, 0.29) is 24.4 Å². The summed E-state index contributed by atoms with van der Waals surface area (Å²) in [7, 11) is 0. The van der Waals surface area contributed by atoms with E-state index in [0.717, 1.165) is 12.8 Å². The summed E-state index contributed by atoms with van der Waals surface area (Å²) in [6.07, 6.45) is 7.60. The van der Waals surface area contributed by atoms with Crippen molar-refractivity contribution < 1.29 is 18.3 Å². The smallest absolute Gasteiger partial charge is 0.388 e. The van der Waals surface area contributed by atoms with Crippen molar-refractivity contribution in [3.63, 3.8) is 0 Å². The van der Waals surface area contributed by atoms with Gasteiger partial charge >= 0.3 is 6.61 Å². The average molecular weight is 389 g/mol. The van der Waals surface area contributed by atoms with E-state index >= 15 is 0 Å². The van der Waals surface area contributed by atoms with Crippen molar-refractivity contribution >= 4 is 24.0 Å². The lowest BCUT2D eigenvalue weighted by Crippen LogP contribution is -2.42. The molecule has 2 aliphatic heterocycles. The number of halogens is 3. The van der Waals surface area contributed by atoms with Gasteiger partial charge in [-0.15, -0.1) is 17.5 Å². The van der Waals surface area contributed by atoms with E-state index < -0.39 is 6.61 Å². The zero-order valence-corrected chi connectivity index (χ0v) is 14.5. The van der Waals surface area contributed by atoms with Gasteiger partial charge in [0.15, 0.2) is 0 Å². The highest BCUT2D eigenvalue weighted by molar-refractivity contribution is 5.85. The van der Waals surface area contributed by atoms with Crippen LogP contribution in [0.25, 0.3) is 0 Å². The topological polar surface area (TPSA) is 97.0 Å². The van der Waals surface area contributed by atoms with E-state index in [1.54, 1.807) is 6.20 Å². The molecule has 2 atom stereocenters. The van der Waals surface area contributed by atoms with Crippen LogP contribution in [0.15, 0.2) is 18.5 Å². The van der Waals surface area contributed by atoms with Gasteiger partial charge in [-0.3, -0.25) is 5.10 Å². The minimum Gasteiger partial charge on any atom is -0.473 e. The number of aromatic amines is 1. The van der Waals surface area contributed by atoms with Gasteiger partial charge in [-0.2, -0.15) is 8.78 Å². The highest BCUT2D eigenvalue weighted by Gasteiger charge is 2.34. The Morgan fingerprint density at radius 1 is 1.12 bits per heavy atom. The molecule has 2 aromatic heterocycles. The summed E-state index contributed by atoms with van der Waals surface area (Å²) in [5, 5.41) is 12.6. The highest BCUT2D eigenvalue weighted by atomic mass is 35.5. The number of anilines is 2. The van der Waals surface area contributed by atoms with Gasteiger partial charge in [-0.1, -0.05) is 0 Å². The van der Waals surface area contributed by atoms with E-state index in [9.17, 15) is 8.78 Å². The molecule has 4 heterocycles. The number of H-pyrrole nitrogens is 1. The van der Waals surface area contributed by atoms with Gasteiger partial charge in [0.05, 0.1) is 12.4 Å². The van der Waals surface area contributed by atoms with Crippen molar-refractivity contribution in [3.05, 3.63) is 18.5 Å². The quantitative estimate of drug-likeness (QED) is 0.699. The van der Waals surface area contributed by atoms with Crippen LogP contribution in [0.5, 0.6) is 11.8 Å². The number of rotatable bonds is 6. The highest BCUT2D eigenvalue weighted by Crippen LogP contribution is 2.29. The van der Waals surface area contributed by atoms with Crippen LogP contribution in [-0.4, -0.2) is 45.0 Å². The lowest BCUT2D eigenvalue weighted by molar-refractivity contribution is -0.0528. The fraction of sp³-hybridized carbons (Fsp3) is 0.533. The van der Waals surface area contributed by atoms with E-state index in [0.29, 0.717) is 29.6 Å². The predicted octanol–water partition coefficient (Wildman–Crippen LogP) is 2.63. The zero-order chi connectivity index (χ0) is 17.2. The van der Waals surface area contributed by atoms with Crippen molar-refractivity contribution in [2.45, 2.75) is 50.5 Å². The van der Waals surface area contributed by atoms with Gasteiger partial charge in [0.1, 0.15) is 17.7 Å². The Hall–Kier alpha value is -2.20. The standard InChI is InChI=1S/C15H18F2N6O2.ClH/c16-15(17)25-13-5-11(22-23-13)21-12-6-19-14(7-18-12)24-10-3-8-1-2-9(4-10)20-8;/h5-10,15,20H,1-4H2,(H2,18,21,22,23);1H. The molecule has 142 valence electrons. The van der Waals surface area contributed by atoms with Gasteiger partial charge in [0.2, 0.25) is 11.8 Å². The molecule has 0 radical (unpaired) electrons. The number of ether oxygens (including phenoxy) is 2. The molecule has 2 aliphatic rings. The van der Waals surface area contributed by atoms with Gasteiger partial charge in [0.25, 0.3) is 0 Å². The first-order valence-electron chi connectivity index (χ1n) is 8.16. The normalized spacial score (nSPS) is 24.2. The Kier molecular flexibility index (Phi) is 5.72. The minimum absolute atomic E-state index is 0. The molecule has 8 nitrogen and oxygen atoms in total. The molecule has 0 aromatic carbocycles. The molecule has 3 N–H and O–H groups in total. The maximum absolute atomic E-state index is 12.1. The molecular weight excluding hydrogens is 370 g/mol. The first-order valence-corrected chi connectivity index (χ1v) is 8.16. The summed E-state index contributed by atoms with van der Waals surface area (Å²) in [5.74, 6) is 1.08. The number of alkyl halides is 2. The Bertz CT molecular complexity index is 704. The van der Waals surface area contributed by atoms with Crippen LogP contribution < -0.4 is 20.1 Å². The molecule has 2 fully saturated rings. The molecule has 2 aromatic rings. The summed E-state index contributed by atoms with van der Waals surface area (Å²) in [5.41, 5.74) is 0. The summed E-state index contributed by atoms with van der Waals surface area (Å²) in [6.45, 7) is -2.92. The third kappa shape index (κ3) is 4.50. The van der Waals surface area contributed by atoms with Crippen LogP contribution in [0.4, 0.5) is 20.4 Å². The molecule has 0 amide bonds. The zero-order valence-electron chi connectivity index (χ0n) is 13.7. The second kappa shape index (κ2) is 8.00. The van der Waals surface area contributed by atoms with Crippen molar-refractivity contribution in [1.29, 1.82) is 0 Å². The van der Waals surface area contributed by atoms with Crippen molar-refractivity contribution in [1.82, 2.24) is 25.5 Å². The summed E-state index contributed by atoms with van der Waals surface area (Å²) in [4.78, 5) is 8.45. The van der Waals surface area contributed by atoms with Crippen LogP contribution in [0.3, 0.4) is 0 Å². The summed E-state index contributed by atoms with van der Waals surface area (Å²) in [6, 6.07) is 2.40. The third-order valence-electron chi connectivity index (χ3n) is 4.37. The molecule has 11 heteroatoms. The molecule has 0 saturated carbocycles. The Labute approximate surface area is 154 Å². The molecule has 2 unspecified atom stereocenters. The molecule has 2 bridgehead atoms. The second-order valence-electron chi connectivity index (χ2n) is 6.21. The monoisotopic (exact) mass is 388 g/mol. The van der Waals surface area contributed by atoms with Crippen molar-refractivity contribution in [2.75, 3.05) is 5.32 Å². The number of aromatic nitrogens is 4. The largest absolute Gasteiger partial charge is 0.473 e. The van der Waals surface area contributed by atoms with Gasteiger partial charge in [-0.05, 0) is 25.7 Å².